The number of ether oxygens (including phenoxy) is 1. The summed E-state index contributed by atoms with van der Waals surface area (Å²) < 4.78 is 5.36. The molecule has 2 fully saturated rings. The number of rotatable bonds is 7. The van der Waals surface area contributed by atoms with Crippen LogP contribution in [0.25, 0.3) is 10.8 Å². The average Bonchev–Trinajstić information content (AvgIpc) is 2.78. The molecule has 0 bridgehead atoms. The highest BCUT2D eigenvalue weighted by Crippen LogP contribution is 2.40. The molecule has 0 atom stereocenters. The summed E-state index contributed by atoms with van der Waals surface area (Å²) >= 11 is 0. The van der Waals surface area contributed by atoms with E-state index in [4.69, 9.17) is 4.74 Å². The second-order valence-electron chi connectivity index (χ2n) is 9.94. The van der Waals surface area contributed by atoms with Crippen molar-refractivity contribution in [1.29, 1.82) is 0 Å². The van der Waals surface area contributed by atoms with E-state index in [0.717, 1.165) is 29.4 Å². The molecule has 0 unspecified atom stereocenters. The van der Waals surface area contributed by atoms with Crippen LogP contribution in [-0.2, 0) is 0 Å². The van der Waals surface area contributed by atoms with Gasteiger partial charge < -0.3 is 4.74 Å². The quantitative estimate of drug-likeness (QED) is 0.459. The van der Waals surface area contributed by atoms with Crippen molar-refractivity contribution in [1.82, 2.24) is 0 Å². The summed E-state index contributed by atoms with van der Waals surface area (Å²) in [6.07, 6.45) is 17.6. The molecule has 0 saturated heterocycles. The molecule has 2 aliphatic rings. The van der Waals surface area contributed by atoms with Crippen LogP contribution in [0.5, 0.6) is 5.75 Å². The molecule has 29 heavy (non-hydrogen) atoms. The molecule has 4 rings (SSSR count). The molecule has 0 radical (unpaired) electrons. The van der Waals surface area contributed by atoms with Gasteiger partial charge in [0.2, 0.25) is 0 Å². The Labute approximate surface area is 178 Å². The van der Waals surface area contributed by atoms with Crippen LogP contribution in [0.4, 0.5) is 0 Å². The van der Waals surface area contributed by atoms with Crippen molar-refractivity contribution < 1.29 is 4.74 Å². The summed E-state index contributed by atoms with van der Waals surface area (Å²) in [5, 5.41) is 2.64. The van der Waals surface area contributed by atoms with Crippen LogP contribution in [-0.4, -0.2) is 7.11 Å². The van der Waals surface area contributed by atoms with Gasteiger partial charge in [-0.05, 0) is 77.8 Å². The molecule has 2 aromatic carbocycles. The van der Waals surface area contributed by atoms with Gasteiger partial charge in [-0.3, -0.25) is 0 Å². The first-order valence-corrected chi connectivity index (χ1v) is 12.3. The molecule has 1 heteroatoms. The molecular formula is C28H40O. The standard InChI is InChI=1S/C28H40O/c1-3-4-21-5-7-22(8-6-21)9-10-23-11-13-24(14-12-23)25-15-16-27-20-28(29-2)18-17-26(27)19-25/h15-24H,3-14H2,1-2H3. The maximum absolute atomic E-state index is 5.36. The Kier molecular flexibility index (Phi) is 7.16. The number of hydrogen-bond acceptors (Lipinski definition) is 1. The predicted octanol–water partition coefficient (Wildman–Crippen LogP) is 8.51. The van der Waals surface area contributed by atoms with Gasteiger partial charge in [-0.15, -0.1) is 0 Å². The zero-order chi connectivity index (χ0) is 20.1. The van der Waals surface area contributed by atoms with Crippen LogP contribution in [0, 0.1) is 17.8 Å². The third-order valence-corrected chi connectivity index (χ3v) is 8.04. The first-order valence-electron chi connectivity index (χ1n) is 12.3. The van der Waals surface area contributed by atoms with Crippen molar-refractivity contribution in [3.8, 4) is 5.75 Å². The Morgan fingerprint density at radius 2 is 1.24 bits per heavy atom. The van der Waals surface area contributed by atoms with Crippen molar-refractivity contribution in [3.05, 3.63) is 42.0 Å². The molecule has 0 spiro atoms. The second kappa shape index (κ2) is 10.0. The number of methoxy groups -OCH3 is 1. The van der Waals surface area contributed by atoms with Crippen LogP contribution >= 0.6 is 0 Å². The summed E-state index contributed by atoms with van der Waals surface area (Å²) in [5.41, 5.74) is 1.55. The van der Waals surface area contributed by atoms with Crippen LogP contribution in [0.15, 0.2) is 36.4 Å². The summed E-state index contributed by atoms with van der Waals surface area (Å²) in [4.78, 5) is 0. The largest absolute Gasteiger partial charge is 0.497 e. The second-order valence-corrected chi connectivity index (χ2v) is 9.94. The third kappa shape index (κ3) is 5.36. The lowest BCUT2D eigenvalue weighted by molar-refractivity contribution is 0.224. The average molecular weight is 393 g/mol. The van der Waals surface area contributed by atoms with Gasteiger partial charge in [-0.1, -0.05) is 82.6 Å². The Morgan fingerprint density at radius 3 is 1.86 bits per heavy atom. The smallest absolute Gasteiger partial charge is 0.119 e. The molecular weight excluding hydrogens is 352 g/mol. The lowest BCUT2D eigenvalue weighted by atomic mass is 9.74. The minimum Gasteiger partial charge on any atom is -0.497 e. The van der Waals surface area contributed by atoms with Crippen molar-refractivity contribution in [3.63, 3.8) is 0 Å². The predicted molar refractivity (Wildman–Crippen MR) is 125 cm³/mol. The van der Waals surface area contributed by atoms with Gasteiger partial charge in [0, 0.05) is 0 Å². The van der Waals surface area contributed by atoms with Crippen LogP contribution in [0.1, 0.15) is 95.5 Å². The van der Waals surface area contributed by atoms with E-state index in [-0.39, 0.29) is 0 Å². The van der Waals surface area contributed by atoms with E-state index in [1.807, 2.05) is 0 Å². The summed E-state index contributed by atoms with van der Waals surface area (Å²) in [7, 11) is 1.74. The molecule has 0 aliphatic heterocycles. The minimum absolute atomic E-state index is 0.766. The molecule has 0 heterocycles. The number of benzene rings is 2. The summed E-state index contributed by atoms with van der Waals surface area (Å²) in [6, 6.07) is 13.5. The normalized spacial score (nSPS) is 27.8. The van der Waals surface area contributed by atoms with Gasteiger partial charge in [0.25, 0.3) is 0 Å². The fourth-order valence-electron chi connectivity index (χ4n) is 6.10. The molecule has 1 nitrogen and oxygen atoms in total. The van der Waals surface area contributed by atoms with E-state index < -0.39 is 0 Å². The van der Waals surface area contributed by atoms with Gasteiger partial charge >= 0.3 is 0 Å². The Morgan fingerprint density at radius 1 is 0.690 bits per heavy atom. The van der Waals surface area contributed by atoms with E-state index in [9.17, 15) is 0 Å². The van der Waals surface area contributed by atoms with Gasteiger partial charge in [0.1, 0.15) is 5.75 Å². The van der Waals surface area contributed by atoms with E-state index in [0.29, 0.717) is 0 Å². The fourth-order valence-corrected chi connectivity index (χ4v) is 6.10. The topological polar surface area (TPSA) is 9.23 Å². The SMILES string of the molecule is CCCC1CCC(CCC2CCC(c3ccc4cc(OC)ccc4c3)CC2)CC1. The van der Waals surface area contributed by atoms with Crippen LogP contribution in [0.2, 0.25) is 0 Å². The zero-order valence-electron chi connectivity index (χ0n) is 18.7. The highest BCUT2D eigenvalue weighted by Gasteiger charge is 2.25. The van der Waals surface area contributed by atoms with Crippen molar-refractivity contribution >= 4 is 10.8 Å². The highest BCUT2D eigenvalue weighted by atomic mass is 16.5. The Balaban J connectivity index is 1.24. The fraction of sp³-hybridized carbons (Fsp3) is 0.643. The zero-order valence-corrected chi connectivity index (χ0v) is 18.7. The molecule has 158 valence electrons. The van der Waals surface area contributed by atoms with E-state index in [2.05, 4.69) is 43.3 Å². The Hall–Kier alpha value is -1.50. The first-order chi connectivity index (χ1) is 14.2. The maximum Gasteiger partial charge on any atom is 0.119 e. The number of hydrogen-bond donors (Lipinski definition) is 0. The summed E-state index contributed by atoms with van der Waals surface area (Å²) in [6.45, 7) is 2.34. The first kappa shape index (κ1) is 20.8. The van der Waals surface area contributed by atoms with Crippen molar-refractivity contribution in [2.45, 2.75) is 89.9 Å². The lowest BCUT2D eigenvalue weighted by Crippen LogP contribution is -2.17. The van der Waals surface area contributed by atoms with Crippen LogP contribution < -0.4 is 4.74 Å². The monoisotopic (exact) mass is 392 g/mol. The molecule has 0 amide bonds. The van der Waals surface area contributed by atoms with Gasteiger partial charge in [0.05, 0.1) is 7.11 Å². The van der Waals surface area contributed by atoms with E-state index >= 15 is 0 Å². The minimum atomic E-state index is 0.766. The number of fused-ring (bicyclic) bond motifs is 1. The van der Waals surface area contributed by atoms with Gasteiger partial charge in [0.15, 0.2) is 0 Å². The molecule has 0 aromatic heterocycles. The molecule has 2 saturated carbocycles. The lowest BCUT2D eigenvalue weighted by Gasteiger charge is -2.32. The molecule has 0 N–H and O–H groups in total. The van der Waals surface area contributed by atoms with E-state index in [1.54, 1.807) is 12.7 Å². The summed E-state index contributed by atoms with van der Waals surface area (Å²) in [5.74, 6) is 4.80. The Bertz CT molecular complexity index is 763. The highest BCUT2D eigenvalue weighted by molar-refractivity contribution is 5.84. The maximum atomic E-state index is 5.36. The van der Waals surface area contributed by atoms with Crippen molar-refractivity contribution in [2.24, 2.45) is 17.8 Å². The third-order valence-electron chi connectivity index (χ3n) is 8.04. The van der Waals surface area contributed by atoms with E-state index in [1.165, 1.54) is 87.8 Å². The van der Waals surface area contributed by atoms with Crippen LogP contribution in [0.3, 0.4) is 0 Å². The van der Waals surface area contributed by atoms with Gasteiger partial charge in [-0.25, -0.2) is 0 Å². The molecule has 2 aromatic rings. The van der Waals surface area contributed by atoms with Crippen molar-refractivity contribution in [2.75, 3.05) is 7.11 Å². The van der Waals surface area contributed by atoms with Gasteiger partial charge in [-0.2, -0.15) is 0 Å². The molecule has 2 aliphatic carbocycles.